The SMILES string of the molecule is COc1cc(OCc2ccccc2)ccc1C#Cc1ccc2ncnc(OC)c2c1. The molecule has 30 heavy (non-hydrogen) atoms. The predicted octanol–water partition coefficient (Wildman–Crippen LogP) is 4.63. The summed E-state index contributed by atoms with van der Waals surface area (Å²) >= 11 is 0. The van der Waals surface area contributed by atoms with Gasteiger partial charge in [-0.2, -0.15) is 0 Å². The zero-order valence-corrected chi connectivity index (χ0v) is 16.8. The average molecular weight is 396 g/mol. The molecule has 0 saturated carbocycles. The normalized spacial score (nSPS) is 10.2. The summed E-state index contributed by atoms with van der Waals surface area (Å²) in [5.74, 6) is 8.27. The number of nitrogens with zero attached hydrogens (tertiary/aromatic N) is 2. The lowest BCUT2D eigenvalue weighted by Crippen LogP contribution is -1.96. The summed E-state index contributed by atoms with van der Waals surface area (Å²) < 4.78 is 16.7. The Bertz CT molecular complexity index is 1230. The Balaban J connectivity index is 1.56. The van der Waals surface area contributed by atoms with E-state index in [1.54, 1.807) is 14.2 Å². The van der Waals surface area contributed by atoms with Crippen LogP contribution in [0.1, 0.15) is 16.7 Å². The molecule has 4 aromatic rings. The number of methoxy groups -OCH3 is 2. The third-order valence-corrected chi connectivity index (χ3v) is 4.55. The molecule has 0 saturated heterocycles. The third kappa shape index (κ3) is 4.34. The van der Waals surface area contributed by atoms with Crippen LogP contribution in [0.25, 0.3) is 10.9 Å². The molecule has 0 spiro atoms. The van der Waals surface area contributed by atoms with E-state index in [-0.39, 0.29) is 0 Å². The van der Waals surface area contributed by atoms with Crippen LogP contribution in [0.15, 0.2) is 73.1 Å². The van der Waals surface area contributed by atoms with Gasteiger partial charge in [0.25, 0.3) is 0 Å². The van der Waals surface area contributed by atoms with Gasteiger partial charge < -0.3 is 14.2 Å². The molecule has 5 heteroatoms. The van der Waals surface area contributed by atoms with Gasteiger partial charge in [0.2, 0.25) is 5.88 Å². The molecule has 4 rings (SSSR count). The Morgan fingerprint density at radius 3 is 2.50 bits per heavy atom. The molecule has 0 amide bonds. The van der Waals surface area contributed by atoms with Gasteiger partial charge in [0.15, 0.2) is 0 Å². The number of rotatable bonds is 5. The number of ether oxygens (including phenoxy) is 3. The molecular formula is C25H20N2O3. The third-order valence-electron chi connectivity index (χ3n) is 4.55. The first-order chi connectivity index (χ1) is 14.8. The zero-order valence-electron chi connectivity index (χ0n) is 16.8. The Morgan fingerprint density at radius 1 is 0.833 bits per heavy atom. The molecule has 148 valence electrons. The fraction of sp³-hybridized carbons (Fsp3) is 0.120. The van der Waals surface area contributed by atoms with Crippen LogP contribution in [-0.2, 0) is 6.61 Å². The van der Waals surface area contributed by atoms with Gasteiger partial charge in [-0.3, -0.25) is 0 Å². The van der Waals surface area contributed by atoms with E-state index in [0.29, 0.717) is 18.2 Å². The lowest BCUT2D eigenvalue weighted by molar-refractivity contribution is 0.303. The first-order valence-corrected chi connectivity index (χ1v) is 9.42. The minimum Gasteiger partial charge on any atom is -0.495 e. The van der Waals surface area contributed by atoms with Crippen LogP contribution in [-0.4, -0.2) is 24.2 Å². The van der Waals surface area contributed by atoms with E-state index in [1.807, 2.05) is 66.7 Å². The van der Waals surface area contributed by atoms with Crippen molar-refractivity contribution in [2.75, 3.05) is 14.2 Å². The fourth-order valence-corrected chi connectivity index (χ4v) is 3.02. The quantitative estimate of drug-likeness (QED) is 0.461. The van der Waals surface area contributed by atoms with Crippen LogP contribution in [0.5, 0.6) is 17.4 Å². The summed E-state index contributed by atoms with van der Waals surface area (Å²) in [6.45, 7) is 0.496. The number of hydrogen-bond acceptors (Lipinski definition) is 5. The summed E-state index contributed by atoms with van der Waals surface area (Å²) in [6.07, 6.45) is 1.48. The number of benzene rings is 3. The van der Waals surface area contributed by atoms with E-state index in [2.05, 4.69) is 21.8 Å². The van der Waals surface area contributed by atoms with E-state index in [4.69, 9.17) is 14.2 Å². The molecule has 5 nitrogen and oxygen atoms in total. The first kappa shape index (κ1) is 19.3. The standard InChI is InChI=1S/C25H20N2O3/c1-28-24-15-21(30-16-19-6-4-3-5-7-19)12-11-20(24)10-8-18-9-13-23-22(14-18)25(29-2)27-17-26-23/h3-7,9,11-15,17H,16H2,1-2H3. The van der Waals surface area contributed by atoms with E-state index in [9.17, 15) is 0 Å². The van der Waals surface area contributed by atoms with Gasteiger partial charge in [-0.1, -0.05) is 42.2 Å². The molecule has 0 atom stereocenters. The summed E-state index contributed by atoms with van der Waals surface area (Å²) in [5, 5.41) is 0.823. The van der Waals surface area contributed by atoms with Gasteiger partial charge in [0.05, 0.1) is 30.7 Å². The highest BCUT2D eigenvalue weighted by Crippen LogP contribution is 2.25. The molecule has 0 N–H and O–H groups in total. The lowest BCUT2D eigenvalue weighted by Gasteiger charge is -2.09. The molecular weight excluding hydrogens is 376 g/mol. The Labute approximate surface area is 175 Å². The summed E-state index contributed by atoms with van der Waals surface area (Å²) in [4.78, 5) is 8.40. The van der Waals surface area contributed by atoms with E-state index in [0.717, 1.165) is 33.3 Å². The van der Waals surface area contributed by atoms with Crippen molar-refractivity contribution in [3.63, 3.8) is 0 Å². The second-order valence-electron chi connectivity index (χ2n) is 6.50. The molecule has 0 aliphatic heterocycles. The van der Waals surface area contributed by atoms with Crippen molar-refractivity contribution in [2.24, 2.45) is 0 Å². The van der Waals surface area contributed by atoms with Gasteiger partial charge in [0.1, 0.15) is 24.4 Å². The highest BCUT2D eigenvalue weighted by Gasteiger charge is 2.06. The van der Waals surface area contributed by atoms with Crippen LogP contribution in [0.4, 0.5) is 0 Å². The number of aromatic nitrogens is 2. The topological polar surface area (TPSA) is 53.5 Å². The minimum atomic E-state index is 0.496. The van der Waals surface area contributed by atoms with Gasteiger partial charge in [-0.15, -0.1) is 0 Å². The van der Waals surface area contributed by atoms with E-state index < -0.39 is 0 Å². The zero-order chi connectivity index (χ0) is 20.8. The monoisotopic (exact) mass is 396 g/mol. The van der Waals surface area contributed by atoms with Crippen LogP contribution in [0.2, 0.25) is 0 Å². The summed E-state index contributed by atoms with van der Waals surface area (Å²) in [6, 6.07) is 21.4. The van der Waals surface area contributed by atoms with Gasteiger partial charge >= 0.3 is 0 Å². The lowest BCUT2D eigenvalue weighted by atomic mass is 10.1. The highest BCUT2D eigenvalue weighted by molar-refractivity contribution is 5.84. The second kappa shape index (κ2) is 8.97. The maximum atomic E-state index is 5.87. The van der Waals surface area contributed by atoms with Crippen molar-refractivity contribution in [2.45, 2.75) is 6.61 Å². The highest BCUT2D eigenvalue weighted by atomic mass is 16.5. The molecule has 0 fully saturated rings. The maximum absolute atomic E-state index is 5.87. The van der Waals surface area contributed by atoms with Crippen molar-refractivity contribution in [1.82, 2.24) is 9.97 Å². The Morgan fingerprint density at radius 2 is 1.70 bits per heavy atom. The van der Waals surface area contributed by atoms with Crippen molar-refractivity contribution in [1.29, 1.82) is 0 Å². The van der Waals surface area contributed by atoms with Gasteiger partial charge in [-0.05, 0) is 35.9 Å². The van der Waals surface area contributed by atoms with Crippen molar-refractivity contribution >= 4 is 10.9 Å². The maximum Gasteiger partial charge on any atom is 0.224 e. The number of fused-ring (bicyclic) bond motifs is 1. The largest absolute Gasteiger partial charge is 0.495 e. The average Bonchev–Trinajstić information content (AvgIpc) is 2.81. The summed E-state index contributed by atoms with van der Waals surface area (Å²) in [7, 11) is 3.21. The molecule has 0 aliphatic rings. The number of hydrogen-bond donors (Lipinski definition) is 0. The first-order valence-electron chi connectivity index (χ1n) is 9.42. The molecule has 1 aromatic heterocycles. The van der Waals surface area contributed by atoms with Crippen molar-refractivity contribution in [3.8, 4) is 29.2 Å². The van der Waals surface area contributed by atoms with Gasteiger partial charge in [0, 0.05) is 11.6 Å². The Kier molecular flexibility index (Phi) is 5.77. The second-order valence-corrected chi connectivity index (χ2v) is 6.50. The molecule has 0 bridgehead atoms. The fourth-order valence-electron chi connectivity index (χ4n) is 3.02. The van der Waals surface area contributed by atoms with E-state index >= 15 is 0 Å². The molecule has 0 unspecified atom stereocenters. The molecule has 0 radical (unpaired) electrons. The van der Waals surface area contributed by atoms with Crippen LogP contribution < -0.4 is 14.2 Å². The van der Waals surface area contributed by atoms with Crippen LogP contribution in [0, 0.1) is 11.8 Å². The smallest absolute Gasteiger partial charge is 0.224 e. The van der Waals surface area contributed by atoms with Gasteiger partial charge in [-0.25, -0.2) is 9.97 Å². The molecule has 1 heterocycles. The Hall–Kier alpha value is -4.04. The predicted molar refractivity (Wildman–Crippen MR) is 116 cm³/mol. The summed E-state index contributed by atoms with van der Waals surface area (Å²) in [5.41, 5.74) is 3.53. The minimum absolute atomic E-state index is 0.496. The van der Waals surface area contributed by atoms with E-state index in [1.165, 1.54) is 6.33 Å². The van der Waals surface area contributed by atoms with Crippen molar-refractivity contribution in [3.05, 3.63) is 89.7 Å². The van der Waals surface area contributed by atoms with Crippen LogP contribution >= 0.6 is 0 Å². The molecule has 3 aromatic carbocycles. The van der Waals surface area contributed by atoms with Crippen LogP contribution in [0.3, 0.4) is 0 Å². The van der Waals surface area contributed by atoms with Crippen molar-refractivity contribution < 1.29 is 14.2 Å². The molecule has 0 aliphatic carbocycles.